The van der Waals surface area contributed by atoms with E-state index in [0.29, 0.717) is 17.0 Å². The Bertz CT molecular complexity index is 673. The third-order valence-electron chi connectivity index (χ3n) is 2.49. The van der Waals surface area contributed by atoms with E-state index in [-0.39, 0.29) is 11.5 Å². The van der Waals surface area contributed by atoms with E-state index in [4.69, 9.17) is 4.42 Å². The average molecular weight is 259 g/mol. The van der Waals surface area contributed by atoms with Crippen LogP contribution in [0.15, 0.2) is 46.4 Å². The molecule has 3 rings (SSSR count). The summed E-state index contributed by atoms with van der Waals surface area (Å²) >= 11 is 1.44. The topological polar surface area (TPSA) is 66.5 Å². The third kappa shape index (κ3) is 1.84. The minimum Gasteiger partial charge on any atom is -0.508 e. The molecule has 2 heterocycles. The minimum atomic E-state index is 0.00583. The maximum Gasteiger partial charge on any atom is 0.162 e. The van der Waals surface area contributed by atoms with Gasteiger partial charge in [-0.1, -0.05) is 0 Å². The van der Waals surface area contributed by atoms with Crippen LogP contribution in [0.3, 0.4) is 0 Å². The normalized spacial score (nSPS) is 10.7. The van der Waals surface area contributed by atoms with Crippen molar-refractivity contribution in [1.82, 2.24) is 4.98 Å². The van der Waals surface area contributed by atoms with Crippen LogP contribution in [-0.2, 0) is 0 Å². The molecule has 0 spiro atoms. The van der Waals surface area contributed by atoms with E-state index in [1.165, 1.54) is 23.5 Å². The molecule has 1 aromatic carbocycles. The molecule has 90 valence electrons. The SMILES string of the molecule is Oc1ccc(-c2csc(-c3ccco3)n2)c(O)c1. The first-order valence-electron chi connectivity index (χ1n) is 5.26. The summed E-state index contributed by atoms with van der Waals surface area (Å²) in [5.74, 6) is 0.730. The smallest absolute Gasteiger partial charge is 0.162 e. The Morgan fingerprint density at radius 1 is 1.17 bits per heavy atom. The molecular weight excluding hydrogens is 250 g/mol. The summed E-state index contributed by atoms with van der Waals surface area (Å²) in [5.41, 5.74) is 1.24. The van der Waals surface area contributed by atoms with Gasteiger partial charge in [0, 0.05) is 17.0 Å². The highest BCUT2D eigenvalue weighted by atomic mass is 32.1. The zero-order valence-electron chi connectivity index (χ0n) is 9.20. The Morgan fingerprint density at radius 3 is 2.78 bits per heavy atom. The summed E-state index contributed by atoms with van der Waals surface area (Å²) in [6.07, 6.45) is 1.59. The fraction of sp³-hybridized carbons (Fsp3) is 0. The lowest BCUT2D eigenvalue weighted by molar-refractivity contribution is 0.452. The van der Waals surface area contributed by atoms with Crippen molar-refractivity contribution < 1.29 is 14.6 Å². The van der Waals surface area contributed by atoms with E-state index >= 15 is 0 Å². The number of hydrogen-bond acceptors (Lipinski definition) is 5. The van der Waals surface area contributed by atoms with Gasteiger partial charge in [-0.3, -0.25) is 0 Å². The molecule has 3 aromatic rings. The molecule has 0 atom stereocenters. The van der Waals surface area contributed by atoms with Crippen molar-refractivity contribution in [3.05, 3.63) is 42.0 Å². The molecular formula is C13H9NO3S. The van der Waals surface area contributed by atoms with Gasteiger partial charge in [-0.25, -0.2) is 4.98 Å². The molecule has 0 saturated carbocycles. The van der Waals surface area contributed by atoms with Crippen molar-refractivity contribution in [2.75, 3.05) is 0 Å². The first-order valence-corrected chi connectivity index (χ1v) is 6.14. The van der Waals surface area contributed by atoms with Gasteiger partial charge < -0.3 is 14.6 Å². The van der Waals surface area contributed by atoms with Gasteiger partial charge in [0.1, 0.15) is 11.5 Å². The molecule has 0 aliphatic rings. The summed E-state index contributed by atoms with van der Waals surface area (Å²) in [6.45, 7) is 0. The summed E-state index contributed by atoms with van der Waals surface area (Å²) in [5, 5.41) is 21.6. The van der Waals surface area contributed by atoms with Crippen molar-refractivity contribution in [2.45, 2.75) is 0 Å². The number of phenols is 2. The van der Waals surface area contributed by atoms with Crippen LogP contribution in [-0.4, -0.2) is 15.2 Å². The summed E-state index contributed by atoms with van der Waals surface area (Å²) in [6, 6.07) is 8.07. The number of furan rings is 1. The molecule has 0 amide bonds. The van der Waals surface area contributed by atoms with Crippen LogP contribution in [0.2, 0.25) is 0 Å². The Kier molecular flexibility index (Phi) is 2.53. The molecule has 2 N–H and O–H groups in total. The van der Waals surface area contributed by atoms with Crippen LogP contribution < -0.4 is 0 Å². The Balaban J connectivity index is 2.03. The highest BCUT2D eigenvalue weighted by molar-refractivity contribution is 7.13. The van der Waals surface area contributed by atoms with Crippen molar-refractivity contribution in [3.8, 4) is 33.5 Å². The highest BCUT2D eigenvalue weighted by Gasteiger charge is 2.11. The predicted octanol–water partition coefficient (Wildman–Crippen LogP) is 3.48. The van der Waals surface area contributed by atoms with Crippen LogP contribution in [0.5, 0.6) is 11.5 Å². The molecule has 5 heteroatoms. The van der Waals surface area contributed by atoms with E-state index in [1.54, 1.807) is 18.4 Å². The van der Waals surface area contributed by atoms with Gasteiger partial charge >= 0.3 is 0 Å². The lowest BCUT2D eigenvalue weighted by Gasteiger charge is -2.01. The molecule has 4 nitrogen and oxygen atoms in total. The Labute approximate surface area is 107 Å². The first-order chi connectivity index (χ1) is 8.74. The zero-order chi connectivity index (χ0) is 12.5. The predicted molar refractivity (Wildman–Crippen MR) is 68.6 cm³/mol. The van der Waals surface area contributed by atoms with Crippen molar-refractivity contribution in [3.63, 3.8) is 0 Å². The monoisotopic (exact) mass is 259 g/mol. The number of benzene rings is 1. The van der Waals surface area contributed by atoms with E-state index < -0.39 is 0 Å². The van der Waals surface area contributed by atoms with Crippen LogP contribution >= 0.6 is 11.3 Å². The first kappa shape index (κ1) is 10.9. The quantitative estimate of drug-likeness (QED) is 0.739. The second-order valence-corrected chi connectivity index (χ2v) is 4.57. The molecule has 0 aliphatic heterocycles. The number of aromatic nitrogens is 1. The van der Waals surface area contributed by atoms with Gasteiger partial charge in [0.2, 0.25) is 0 Å². The lowest BCUT2D eigenvalue weighted by atomic mass is 10.1. The van der Waals surface area contributed by atoms with Crippen LogP contribution in [0.25, 0.3) is 22.0 Å². The number of rotatable bonds is 2. The van der Waals surface area contributed by atoms with Gasteiger partial charge in [0.05, 0.1) is 12.0 Å². The second kappa shape index (κ2) is 4.19. The number of hydrogen-bond donors (Lipinski definition) is 2. The number of phenolic OH excluding ortho intramolecular Hbond substituents is 2. The van der Waals surface area contributed by atoms with Crippen LogP contribution in [0.1, 0.15) is 0 Å². The van der Waals surface area contributed by atoms with Gasteiger partial charge in [-0.2, -0.15) is 0 Å². The molecule has 0 unspecified atom stereocenters. The van der Waals surface area contributed by atoms with E-state index in [1.807, 2.05) is 11.4 Å². The molecule has 0 fully saturated rings. The van der Waals surface area contributed by atoms with Gasteiger partial charge in [-0.05, 0) is 24.3 Å². The van der Waals surface area contributed by atoms with Crippen molar-refractivity contribution in [1.29, 1.82) is 0 Å². The molecule has 0 saturated heterocycles. The summed E-state index contributed by atoms with van der Waals surface area (Å²) in [7, 11) is 0. The fourth-order valence-corrected chi connectivity index (χ4v) is 2.43. The minimum absolute atomic E-state index is 0.00583. The third-order valence-corrected chi connectivity index (χ3v) is 3.35. The largest absolute Gasteiger partial charge is 0.508 e. The molecule has 2 aromatic heterocycles. The zero-order valence-corrected chi connectivity index (χ0v) is 10.0. The van der Waals surface area contributed by atoms with E-state index in [9.17, 15) is 10.2 Å². The Hall–Kier alpha value is -2.27. The van der Waals surface area contributed by atoms with Crippen LogP contribution in [0, 0.1) is 0 Å². The lowest BCUT2D eigenvalue weighted by Crippen LogP contribution is -1.79. The molecule has 0 bridgehead atoms. The number of aromatic hydroxyl groups is 2. The standard InChI is InChI=1S/C13H9NO3S/c15-8-3-4-9(11(16)6-8)10-7-18-13(14-10)12-2-1-5-17-12/h1-7,15-16H. The maximum absolute atomic E-state index is 9.77. The van der Waals surface area contributed by atoms with Gasteiger partial charge in [0.25, 0.3) is 0 Å². The Morgan fingerprint density at radius 2 is 2.06 bits per heavy atom. The van der Waals surface area contributed by atoms with E-state index in [0.717, 1.165) is 5.01 Å². The van der Waals surface area contributed by atoms with Crippen LogP contribution in [0.4, 0.5) is 0 Å². The molecule has 18 heavy (non-hydrogen) atoms. The van der Waals surface area contributed by atoms with Crippen molar-refractivity contribution in [2.24, 2.45) is 0 Å². The van der Waals surface area contributed by atoms with Gasteiger partial charge in [0.15, 0.2) is 10.8 Å². The van der Waals surface area contributed by atoms with E-state index in [2.05, 4.69) is 4.98 Å². The van der Waals surface area contributed by atoms with Gasteiger partial charge in [-0.15, -0.1) is 11.3 Å². The highest BCUT2D eigenvalue weighted by Crippen LogP contribution is 2.35. The molecule has 0 aliphatic carbocycles. The summed E-state index contributed by atoms with van der Waals surface area (Å²) < 4.78 is 5.26. The average Bonchev–Trinajstić information content (AvgIpc) is 2.99. The summed E-state index contributed by atoms with van der Waals surface area (Å²) in [4.78, 5) is 4.40. The van der Waals surface area contributed by atoms with Crippen molar-refractivity contribution >= 4 is 11.3 Å². The number of thiazole rings is 1. The molecule has 0 radical (unpaired) electrons. The second-order valence-electron chi connectivity index (χ2n) is 3.72. The maximum atomic E-state index is 9.77. The fourth-order valence-electron chi connectivity index (χ4n) is 1.65. The number of nitrogens with zero attached hydrogens (tertiary/aromatic N) is 1.